The van der Waals surface area contributed by atoms with Crippen LogP contribution in [0.3, 0.4) is 0 Å². The summed E-state index contributed by atoms with van der Waals surface area (Å²) in [4.78, 5) is 0. The van der Waals surface area contributed by atoms with Crippen molar-refractivity contribution in [3.05, 3.63) is 106 Å². The molecule has 0 bridgehead atoms. The summed E-state index contributed by atoms with van der Waals surface area (Å²) < 4.78 is 0. The third kappa shape index (κ3) is 7.37. The molecule has 0 N–H and O–H groups in total. The van der Waals surface area contributed by atoms with Crippen LogP contribution in [0.4, 0.5) is 0 Å². The van der Waals surface area contributed by atoms with E-state index in [0.29, 0.717) is 0 Å². The second-order valence-electron chi connectivity index (χ2n) is 8.56. The summed E-state index contributed by atoms with van der Waals surface area (Å²) in [6.45, 7) is 25.5. The van der Waals surface area contributed by atoms with Gasteiger partial charge in [0.2, 0.25) is 0 Å². The lowest BCUT2D eigenvalue weighted by Gasteiger charge is -2.31. The Bertz CT molecular complexity index is 805. The van der Waals surface area contributed by atoms with E-state index in [1.165, 1.54) is 33.4 Å². The van der Waals surface area contributed by atoms with Crippen molar-refractivity contribution >= 4 is 0 Å². The molecule has 0 aliphatic heterocycles. The Morgan fingerprint density at radius 2 is 0.688 bits per heavy atom. The van der Waals surface area contributed by atoms with Gasteiger partial charge in [-0.1, -0.05) is 153 Å². The molecule has 0 atom stereocenters. The monoisotopic (exact) mass is 432 g/mol. The van der Waals surface area contributed by atoms with Gasteiger partial charge in [-0.05, 0) is 36.1 Å². The highest BCUT2D eigenvalue weighted by molar-refractivity contribution is 5.45. The molecule has 0 aliphatic carbocycles. The van der Waals surface area contributed by atoms with Gasteiger partial charge in [-0.15, -0.1) is 0 Å². The summed E-state index contributed by atoms with van der Waals surface area (Å²) in [5.74, 6) is 0. The zero-order valence-corrected chi connectivity index (χ0v) is 22.9. The van der Waals surface area contributed by atoms with Crippen LogP contribution in [0.5, 0.6) is 0 Å². The SMILES string of the molecule is CC.CC.CC.Cc1ccc(C(C)(C)c2cccc(C(C)(C)c3ccc(C)cc3)c2)cc1. The van der Waals surface area contributed by atoms with Gasteiger partial charge in [0.25, 0.3) is 0 Å². The molecule has 32 heavy (non-hydrogen) atoms. The van der Waals surface area contributed by atoms with Crippen molar-refractivity contribution < 1.29 is 0 Å². The zero-order valence-electron chi connectivity index (χ0n) is 22.9. The molecule has 0 radical (unpaired) electrons. The van der Waals surface area contributed by atoms with Crippen LogP contribution in [-0.4, -0.2) is 0 Å². The number of hydrogen-bond acceptors (Lipinski definition) is 0. The highest BCUT2D eigenvalue weighted by atomic mass is 14.3. The first-order chi connectivity index (χ1) is 15.2. The topological polar surface area (TPSA) is 0 Å². The van der Waals surface area contributed by atoms with Crippen LogP contribution in [0, 0.1) is 13.8 Å². The highest BCUT2D eigenvalue weighted by Gasteiger charge is 2.27. The van der Waals surface area contributed by atoms with Crippen molar-refractivity contribution in [2.24, 2.45) is 0 Å². The van der Waals surface area contributed by atoms with Gasteiger partial charge in [0.05, 0.1) is 0 Å². The average Bonchev–Trinajstić information content (AvgIpc) is 2.83. The van der Waals surface area contributed by atoms with Crippen molar-refractivity contribution in [2.45, 2.75) is 93.9 Å². The van der Waals surface area contributed by atoms with Crippen molar-refractivity contribution in [1.29, 1.82) is 0 Å². The van der Waals surface area contributed by atoms with Gasteiger partial charge < -0.3 is 0 Å². The van der Waals surface area contributed by atoms with Gasteiger partial charge >= 0.3 is 0 Å². The van der Waals surface area contributed by atoms with Gasteiger partial charge in [0.15, 0.2) is 0 Å². The maximum Gasteiger partial charge on any atom is 0.0146 e. The van der Waals surface area contributed by atoms with E-state index in [-0.39, 0.29) is 10.8 Å². The average molecular weight is 433 g/mol. The fourth-order valence-corrected chi connectivity index (χ4v) is 3.57. The Hall–Kier alpha value is -2.34. The van der Waals surface area contributed by atoms with Gasteiger partial charge in [0.1, 0.15) is 0 Å². The molecule has 0 aromatic heterocycles. The van der Waals surface area contributed by atoms with Crippen LogP contribution in [0.2, 0.25) is 0 Å². The first-order valence-electron chi connectivity index (χ1n) is 12.5. The lowest BCUT2D eigenvalue weighted by molar-refractivity contribution is 0.617. The number of benzene rings is 3. The fourth-order valence-electron chi connectivity index (χ4n) is 3.57. The molecule has 0 saturated heterocycles. The second-order valence-corrected chi connectivity index (χ2v) is 8.56. The molecular formula is C32H48. The van der Waals surface area contributed by atoms with Crippen LogP contribution in [0.1, 0.15) is 103 Å². The minimum atomic E-state index is -0.0208. The molecule has 3 aromatic carbocycles. The Morgan fingerprint density at radius 3 is 0.969 bits per heavy atom. The van der Waals surface area contributed by atoms with E-state index in [0.717, 1.165) is 0 Å². The molecule has 0 aliphatic rings. The summed E-state index contributed by atoms with van der Waals surface area (Å²) >= 11 is 0. The van der Waals surface area contributed by atoms with Crippen molar-refractivity contribution in [1.82, 2.24) is 0 Å². The normalized spacial score (nSPS) is 10.5. The second kappa shape index (κ2) is 13.9. The maximum atomic E-state index is 2.39. The van der Waals surface area contributed by atoms with E-state index in [9.17, 15) is 0 Å². The third-order valence-electron chi connectivity index (χ3n) is 5.85. The Labute approximate surface area is 200 Å². The van der Waals surface area contributed by atoms with Gasteiger partial charge in [-0.3, -0.25) is 0 Å². The number of rotatable bonds is 4. The van der Waals surface area contributed by atoms with Crippen LogP contribution in [0.25, 0.3) is 0 Å². The minimum Gasteiger partial charge on any atom is -0.0683 e. The molecule has 0 fully saturated rings. The molecule has 0 heteroatoms. The van der Waals surface area contributed by atoms with Crippen molar-refractivity contribution in [3.63, 3.8) is 0 Å². The lowest BCUT2D eigenvalue weighted by Crippen LogP contribution is -2.22. The van der Waals surface area contributed by atoms with Crippen LogP contribution < -0.4 is 0 Å². The van der Waals surface area contributed by atoms with Gasteiger partial charge in [-0.2, -0.15) is 0 Å². The van der Waals surface area contributed by atoms with Crippen molar-refractivity contribution in [3.8, 4) is 0 Å². The Balaban J connectivity index is 0.00000148. The summed E-state index contributed by atoms with van der Waals surface area (Å²) in [7, 11) is 0. The molecule has 0 unspecified atom stereocenters. The van der Waals surface area contributed by atoms with Gasteiger partial charge in [0, 0.05) is 10.8 Å². The summed E-state index contributed by atoms with van der Waals surface area (Å²) in [5, 5.41) is 0. The van der Waals surface area contributed by atoms with Crippen LogP contribution in [-0.2, 0) is 10.8 Å². The largest absolute Gasteiger partial charge is 0.0683 e. The Kier molecular flexibility index (Phi) is 12.9. The maximum absolute atomic E-state index is 2.39. The smallest absolute Gasteiger partial charge is 0.0146 e. The van der Waals surface area contributed by atoms with Crippen molar-refractivity contribution in [2.75, 3.05) is 0 Å². The molecular weight excluding hydrogens is 384 g/mol. The number of hydrogen-bond donors (Lipinski definition) is 0. The first kappa shape index (κ1) is 29.7. The van der Waals surface area contributed by atoms with E-state index >= 15 is 0 Å². The summed E-state index contributed by atoms with van der Waals surface area (Å²) in [6, 6.07) is 27.0. The van der Waals surface area contributed by atoms with E-state index in [1.807, 2.05) is 41.5 Å². The standard InChI is InChI=1S/C26H30.3C2H6/c1-19-10-14-21(15-11-19)25(3,4)23-8-7-9-24(18-23)26(5,6)22-16-12-20(2)13-17-22;3*1-2/h7-18H,1-6H3;3*1-2H3. The molecule has 0 spiro atoms. The van der Waals surface area contributed by atoms with Crippen LogP contribution in [0.15, 0.2) is 72.8 Å². The summed E-state index contributed by atoms with van der Waals surface area (Å²) in [6.07, 6.45) is 0. The zero-order chi connectivity index (χ0) is 24.9. The predicted molar refractivity (Wildman–Crippen MR) is 147 cm³/mol. The quantitative estimate of drug-likeness (QED) is 0.384. The van der Waals surface area contributed by atoms with Crippen LogP contribution >= 0.6 is 0 Å². The third-order valence-corrected chi connectivity index (χ3v) is 5.85. The molecule has 0 nitrogen and oxygen atoms in total. The molecule has 0 saturated carbocycles. The van der Waals surface area contributed by atoms with Gasteiger partial charge in [-0.25, -0.2) is 0 Å². The highest BCUT2D eigenvalue weighted by Crippen LogP contribution is 2.36. The van der Waals surface area contributed by atoms with E-state index in [1.54, 1.807) is 0 Å². The minimum absolute atomic E-state index is 0.0208. The lowest BCUT2D eigenvalue weighted by atomic mass is 9.73. The van der Waals surface area contributed by atoms with E-state index < -0.39 is 0 Å². The van der Waals surface area contributed by atoms with E-state index in [4.69, 9.17) is 0 Å². The first-order valence-corrected chi connectivity index (χ1v) is 12.5. The fraction of sp³-hybridized carbons (Fsp3) is 0.438. The molecule has 3 aromatic rings. The Morgan fingerprint density at radius 1 is 0.406 bits per heavy atom. The number of aryl methyl sites for hydroxylation is 2. The summed E-state index contributed by atoms with van der Waals surface area (Å²) in [5.41, 5.74) is 8.00. The molecule has 176 valence electrons. The molecule has 0 heterocycles. The molecule has 3 rings (SSSR count). The predicted octanol–water partition coefficient (Wildman–Crippen LogP) is 10.0. The molecule has 0 amide bonds. The van der Waals surface area contributed by atoms with E-state index in [2.05, 4.69) is 114 Å².